The Balaban J connectivity index is 1.82. The first-order valence-electron chi connectivity index (χ1n) is 6.73. The lowest BCUT2D eigenvalue weighted by molar-refractivity contribution is 0.102. The fourth-order valence-corrected chi connectivity index (χ4v) is 2.52. The molecule has 0 aliphatic carbocycles. The van der Waals surface area contributed by atoms with E-state index in [1.165, 1.54) is 12.1 Å². The molecule has 1 aliphatic rings. The molecule has 0 atom stereocenters. The van der Waals surface area contributed by atoms with Gasteiger partial charge in [0, 0.05) is 17.9 Å². The minimum absolute atomic E-state index is 0.109. The number of amides is 1. The lowest BCUT2D eigenvalue weighted by Crippen LogP contribution is -2.41. The first kappa shape index (κ1) is 15.0. The van der Waals surface area contributed by atoms with Crippen LogP contribution in [-0.2, 0) is 11.1 Å². The van der Waals surface area contributed by atoms with Crippen LogP contribution in [0.5, 0.6) is 0 Å². The van der Waals surface area contributed by atoms with Gasteiger partial charge in [-0.25, -0.2) is 4.39 Å². The molecule has 2 aromatic carbocycles. The van der Waals surface area contributed by atoms with Gasteiger partial charge in [0.25, 0.3) is 5.91 Å². The van der Waals surface area contributed by atoms with Crippen LogP contribution in [0, 0.1) is 5.82 Å². The minimum atomic E-state index is -0.985. The largest absolute Gasteiger partial charge is 0.491 e. The van der Waals surface area contributed by atoms with E-state index >= 15 is 0 Å². The number of fused-ring (bicyclic) bond motifs is 1. The summed E-state index contributed by atoms with van der Waals surface area (Å²) in [4.78, 5) is 12.1. The van der Waals surface area contributed by atoms with Gasteiger partial charge < -0.3 is 15.0 Å². The van der Waals surface area contributed by atoms with Gasteiger partial charge in [-0.05, 0) is 47.8 Å². The summed E-state index contributed by atoms with van der Waals surface area (Å²) < 4.78 is 18.3. The highest BCUT2D eigenvalue weighted by atomic mass is 35.5. The summed E-state index contributed by atoms with van der Waals surface area (Å²) >= 11 is 5.67. The highest BCUT2D eigenvalue weighted by Crippen LogP contribution is 2.18. The fourth-order valence-electron chi connectivity index (χ4n) is 2.34. The maximum Gasteiger partial charge on any atom is 0.491 e. The van der Waals surface area contributed by atoms with Crippen molar-refractivity contribution in [2.45, 2.75) is 6.42 Å². The molecule has 2 aromatic rings. The molecule has 1 aliphatic heterocycles. The third-order valence-corrected chi connectivity index (χ3v) is 3.79. The van der Waals surface area contributed by atoms with Crippen LogP contribution in [0.3, 0.4) is 0 Å². The zero-order chi connectivity index (χ0) is 15.7. The molecule has 0 unspecified atom stereocenters. The van der Waals surface area contributed by atoms with Crippen molar-refractivity contribution in [1.82, 2.24) is 0 Å². The van der Waals surface area contributed by atoms with E-state index in [4.69, 9.17) is 16.3 Å². The van der Waals surface area contributed by atoms with Gasteiger partial charge in [-0.3, -0.25) is 4.79 Å². The predicted molar refractivity (Wildman–Crippen MR) is 83.1 cm³/mol. The van der Waals surface area contributed by atoms with E-state index in [9.17, 15) is 14.2 Å². The summed E-state index contributed by atoms with van der Waals surface area (Å²) in [5.41, 5.74) is 2.40. The first-order valence-corrected chi connectivity index (χ1v) is 7.11. The molecule has 0 fully saturated rings. The molecule has 112 valence electrons. The molecule has 0 saturated heterocycles. The highest BCUT2D eigenvalue weighted by Gasteiger charge is 2.25. The van der Waals surface area contributed by atoms with Gasteiger partial charge in [0.05, 0.1) is 5.02 Å². The number of anilines is 1. The second-order valence-electron chi connectivity index (χ2n) is 4.97. The molecule has 0 spiro atoms. The maximum absolute atomic E-state index is 13.1. The smallest absolute Gasteiger partial charge is 0.423 e. The van der Waals surface area contributed by atoms with Gasteiger partial charge in [-0.2, -0.15) is 0 Å². The topological polar surface area (TPSA) is 58.6 Å². The van der Waals surface area contributed by atoms with E-state index in [0.717, 1.165) is 11.6 Å². The molecule has 0 radical (unpaired) electrons. The van der Waals surface area contributed by atoms with Crippen molar-refractivity contribution in [3.63, 3.8) is 0 Å². The second-order valence-corrected chi connectivity index (χ2v) is 5.38. The normalized spacial score (nSPS) is 13.7. The van der Waals surface area contributed by atoms with Crippen molar-refractivity contribution in [2.75, 3.05) is 11.9 Å². The lowest BCUT2D eigenvalue weighted by Gasteiger charge is -2.19. The number of nitrogens with one attached hydrogen (secondary N) is 1. The quantitative estimate of drug-likeness (QED) is 0.832. The Labute approximate surface area is 132 Å². The lowest BCUT2D eigenvalue weighted by atomic mass is 9.73. The summed E-state index contributed by atoms with van der Waals surface area (Å²) in [5, 5.41) is 12.4. The number of rotatable bonds is 2. The van der Waals surface area contributed by atoms with Crippen molar-refractivity contribution in [3.05, 3.63) is 58.4 Å². The number of benzene rings is 2. The van der Waals surface area contributed by atoms with Gasteiger partial charge in [0.2, 0.25) is 0 Å². The van der Waals surface area contributed by atoms with Gasteiger partial charge in [0.1, 0.15) is 5.82 Å². The number of hydrogen-bond acceptors (Lipinski definition) is 3. The zero-order valence-corrected chi connectivity index (χ0v) is 12.2. The van der Waals surface area contributed by atoms with Gasteiger partial charge in [-0.1, -0.05) is 17.7 Å². The van der Waals surface area contributed by atoms with E-state index in [2.05, 4.69) is 5.32 Å². The summed E-state index contributed by atoms with van der Waals surface area (Å²) in [7, 11) is -0.985. The maximum atomic E-state index is 13.1. The average Bonchev–Trinajstić information content (AvgIpc) is 2.51. The predicted octanol–water partition coefficient (Wildman–Crippen LogP) is 1.99. The van der Waals surface area contributed by atoms with Crippen LogP contribution in [-0.4, -0.2) is 24.7 Å². The van der Waals surface area contributed by atoms with Crippen molar-refractivity contribution in [1.29, 1.82) is 0 Å². The Hall–Kier alpha value is -1.89. The SMILES string of the molecule is O=C(Nc1ccc2c(c1)B(O)OCC2)c1ccc(F)c(Cl)c1. The average molecular weight is 320 g/mol. The van der Waals surface area contributed by atoms with Crippen LogP contribution in [0.25, 0.3) is 0 Å². The van der Waals surface area contributed by atoms with Crippen molar-refractivity contribution < 1.29 is 18.9 Å². The standard InChI is InChI=1S/C15H12BClFNO3/c17-13-7-10(2-4-14(13)18)15(20)19-11-3-1-9-5-6-22-16(21)12(9)8-11/h1-4,7-8,21H,5-6H2,(H,19,20). The Morgan fingerprint density at radius 1 is 1.32 bits per heavy atom. The zero-order valence-electron chi connectivity index (χ0n) is 11.5. The third kappa shape index (κ3) is 2.99. The number of halogens is 2. The summed E-state index contributed by atoms with van der Waals surface area (Å²) in [6.45, 7) is 0.466. The molecule has 1 amide bonds. The molecule has 1 heterocycles. The molecule has 2 N–H and O–H groups in total. The third-order valence-electron chi connectivity index (χ3n) is 3.50. The molecular weight excluding hydrogens is 307 g/mol. The number of hydrogen-bond donors (Lipinski definition) is 2. The van der Waals surface area contributed by atoms with Crippen molar-refractivity contribution in [2.24, 2.45) is 0 Å². The number of carbonyl (C=O) groups excluding carboxylic acids is 1. The minimum Gasteiger partial charge on any atom is -0.423 e. The second kappa shape index (κ2) is 6.08. The van der Waals surface area contributed by atoms with Crippen molar-refractivity contribution >= 4 is 35.8 Å². The first-order chi connectivity index (χ1) is 10.5. The molecule has 0 aromatic heterocycles. The fraction of sp³-hybridized carbons (Fsp3) is 0.133. The van der Waals surface area contributed by atoms with Crippen LogP contribution < -0.4 is 10.8 Å². The van der Waals surface area contributed by atoms with Gasteiger partial charge in [-0.15, -0.1) is 0 Å². The molecule has 3 rings (SSSR count). The van der Waals surface area contributed by atoms with E-state index in [1.54, 1.807) is 12.1 Å². The van der Waals surface area contributed by atoms with Crippen LogP contribution in [0.1, 0.15) is 15.9 Å². The Morgan fingerprint density at radius 3 is 2.91 bits per heavy atom. The van der Waals surface area contributed by atoms with Crippen molar-refractivity contribution in [3.8, 4) is 0 Å². The van der Waals surface area contributed by atoms with Crippen LogP contribution in [0.4, 0.5) is 10.1 Å². The molecular formula is C15H12BClFNO3. The van der Waals surface area contributed by atoms with E-state index < -0.39 is 18.8 Å². The Bertz CT molecular complexity index is 741. The Morgan fingerprint density at radius 2 is 2.14 bits per heavy atom. The van der Waals surface area contributed by atoms with Gasteiger partial charge in [0.15, 0.2) is 0 Å². The summed E-state index contributed by atoms with van der Waals surface area (Å²) in [5.74, 6) is -0.986. The molecule has 22 heavy (non-hydrogen) atoms. The van der Waals surface area contributed by atoms with Crippen LogP contribution >= 0.6 is 11.6 Å². The Kier molecular flexibility index (Phi) is 4.15. The summed E-state index contributed by atoms with van der Waals surface area (Å²) in [6.07, 6.45) is 0.716. The molecule has 4 nitrogen and oxygen atoms in total. The highest BCUT2D eigenvalue weighted by molar-refractivity contribution is 6.61. The molecule has 0 bridgehead atoms. The van der Waals surface area contributed by atoms with E-state index in [0.29, 0.717) is 24.2 Å². The van der Waals surface area contributed by atoms with Crippen LogP contribution in [0.15, 0.2) is 36.4 Å². The van der Waals surface area contributed by atoms with E-state index in [-0.39, 0.29) is 10.6 Å². The van der Waals surface area contributed by atoms with Gasteiger partial charge >= 0.3 is 7.12 Å². The number of carbonyl (C=O) groups is 1. The van der Waals surface area contributed by atoms with Crippen LogP contribution in [0.2, 0.25) is 5.02 Å². The molecule has 0 saturated carbocycles. The van der Waals surface area contributed by atoms with E-state index in [1.807, 2.05) is 6.07 Å². The monoisotopic (exact) mass is 319 g/mol. The summed E-state index contributed by atoms with van der Waals surface area (Å²) in [6, 6.07) is 9.02. The molecule has 7 heteroatoms.